The van der Waals surface area contributed by atoms with Crippen molar-refractivity contribution < 1.29 is 38.4 Å². The lowest BCUT2D eigenvalue weighted by Gasteiger charge is -2.62. The molecular weight excluding hydrogens is 476 g/mol. The van der Waals surface area contributed by atoms with Crippen molar-refractivity contribution in [3.63, 3.8) is 0 Å². The Bertz CT molecular complexity index is 927. The Morgan fingerprint density at radius 2 is 1.76 bits per heavy atom. The van der Waals surface area contributed by atoms with Crippen molar-refractivity contribution in [1.82, 2.24) is 0 Å². The molecule has 1 spiro atoms. The van der Waals surface area contributed by atoms with Crippen LogP contribution in [0.2, 0.25) is 0 Å². The molecular formula is C29H44O8. The minimum absolute atomic E-state index is 0.0995. The summed E-state index contributed by atoms with van der Waals surface area (Å²) in [6, 6.07) is 0. The summed E-state index contributed by atoms with van der Waals surface area (Å²) in [4.78, 5) is 37.1. The van der Waals surface area contributed by atoms with Crippen molar-refractivity contribution in [1.29, 1.82) is 0 Å². The van der Waals surface area contributed by atoms with E-state index in [4.69, 9.17) is 18.9 Å². The van der Waals surface area contributed by atoms with Crippen molar-refractivity contribution in [2.24, 2.45) is 34.5 Å². The van der Waals surface area contributed by atoms with Crippen molar-refractivity contribution in [2.75, 3.05) is 0 Å². The number of hydrogen-bond donors (Lipinski definition) is 1. The molecule has 1 heterocycles. The number of esters is 3. The maximum atomic E-state index is 12.8. The average Bonchev–Trinajstić information content (AvgIpc) is 3.12. The number of ether oxygens (including phenoxy) is 4. The molecule has 37 heavy (non-hydrogen) atoms. The Balaban J connectivity index is 2.16. The van der Waals surface area contributed by atoms with Crippen molar-refractivity contribution in [2.45, 2.75) is 105 Å². The first-order chi connectivity index (χ1) is 17.3. The van der Waals surface area contributed by atoms with E-state index >= 15 is 0 Å². The minimum atomic E-state index is -1.10. The summed E-state index contributed by atoms with van der Waals surface area (Å²) in [5.41, 5.74) is -0.351. The van der Waals surface area contributed by atoms with Crippen LogP contribution in [0.15, 0.2) is 24.3 Å². The second-order valence-electron chi connectivity index (χ2n) is 11.6. The van der Waals surface area contributed by atoms with Gasteiger partial charge in [0, 0.05) is 19.8 Å². The highest BCUT2D eigenvalue weighted by atomic mass is 16.8. The van der Waals surface area contributed by atoms with Crippen LogP contribution in [-0.4, -0.2) is 47.8 Å². The zero-order valence-electron chi connectivity index (χ0n) is 23.3. The molecule has 0 aromatic carbocycles. The molecule has 0 unspecified atom stereocenters. The number of aliphatic hydroxyl groups is 1. The van der Waals surface area contributed by atoms with Gasteiger partial charge in [0.2, 0.25) is 12.6 Å². The summed E-state index contributed by atoms with van der Waals surface area (Å²) >= 11 is 0. The van der Waals surface area contributed by atoms with Gasteiger partial charge in [0.1, 0.15) is 6.10 Å². The topological polar surface area (TPSA) is 108 Å². The molecule has 10 atom stereocenters. The van der Waals surface area contributed by atoms with E-state index in [9.17, 15) is 19.5 Å². The van der Waals surface area contributed by atoms with Gasteiger partial charge in [-0.2, -0.15) is 0 Å². The van der Waals surface area contributed by atoms with Crippen molar-refractivity contribution in [3.05, 3.63) is 24.3 Å². The monoisotopic (exact) mass is 520 g/mol. The standard InChI is InChI=1S/C29H44O8/c1-9-16(3)11-12-28(8)18(5)13-24(32)29-22(26(34-19(6)30)37-27(29)35-20(7)31)14-21(15-23(28)29)36-25(33)17(4)10-2/h9,11,17-18,21-24,26-27,32H,1,10,12-15H2,2-8H3/b16-11+/t17-,18-,21-,22+,23+,24+,26+,27-,28-,29+/m0/s1. The Hall–Kier alpha value is -2.19. The predicted molar refractivity (Wildman–Crippen MR) is 137 cm³/mol. The van der Waals surface area contributed by atoms with Crippen LogP contribution < -0.4 is 0 Å². The number of carbonyl (C=O) groups excluding carboxylic acids is 3. The minimum Gasteiger partial charge on any atom is -0.462 e. The summed E-state index contributed by atoms with van der Waals surface area (Å²) in [5, 5.41) is 11.8. The Morgan fingerprint density at radius 1 is 1.11 bits per heavy atom. The predicted octanol–water partition coefficient (Wildman–Crippen LogP) is 4.69. The van der Waals surface area contributed by atoms with E-state index in [1.54, 1.807) is 6.08 Å². The van der Waals surface area contributed by atoms with Gasteiger partial charge in [0.15, 0.2) is 0 Å². The maximum Gasteiger partial charge on any atom is 0.308 e. The number of rotatable bonds is 8. The summed E-state index contributed by atoms with van der Waals surface area (Å²) in [6.45, 7) is 16.5. The zero-order chi connectivity index (χ0) is 27.7. The van der Waals surface area contributed by atoms with Crippen molar-refractivity contribution in [3.8, 4) is 0 Å². The molecule has 8 nitrogen and oxygen atoms in total. The quantitative estimate of drug-likeness (QED) is 0.279. The highest BCUT2D eigenvalue weighted by molar-refractivity contribution is 5.72. The molecule has 3 rings (SSSR count). The first-order valence-electron chi connectivity index (χ1n) is 13.5. The van der Waals surface area contributed by atoms with Crippen molar-refractivity contribution >= 4 is 17.9 Å². The molecule has 8 heteroatoms. The highest BCUT2D eigenvalue weighted by Gasteiger charge is 2.73. The summed E-state index contributed by atoms with van der Waals surface area (Å²) in [5.74, 6) is -2.28. The van der Waals surface area contributed by atoms with E-state index in [0.29, 0.717) is 32.1 Å². The molecule has 1 N–H and O–H groups in total. The third-order valence-corrected chi connectivity index (χ3v) is 9.37. The Kier molecular flexibility index (Phi) is 8.95. The van der Waals surface area contributed by atoms with Gasteiger partial charge in [-0.25, -0.2) is 0 Å². The lowest BCUT2D eigenvalue weighted by molar-refractivity contribution is -0.264. The second-order valence-corrected chi connectivity index (χ2v) is 11.6. The molecule has 3 aliphatic rings. The molecule has 2 aliphatic carbocycles. The molecule has 3 fully saturated rings. The fourth-order valence-corrected chi connectivity index (χ4v) is 6.86. The SMILES string of the molecule is C=C/C(C)=C/C[C@]1(C)[C@H]2C[C@@H](OC(=O)[C@@H](C)CC)C[C@@H]3[C@H](OC(C)=O)O[C@H](OC(C)=O)[C@]32[C@H](O)C[C@@H]1C. The van der Waals surface area contributed by atoms with Crippen LogP contribution in [0.3, 0.4) is 0 Å². The van der Waals surface area contributed by atoms with Gasteiger partial charge in [0.05, 0.1) is 17.4 Å². The van der Waals surface area contributed by atoms with E-state index in [0.717, 1.165) is 5.57 Å². The van der Waals surface area contributed by atoms with Gasteiger partial charge in [0.25, 0.3) is 0 Å². The summed E-state index contributed by atoms with van der Waals surface area (Å²) in [7, 11) is 0. The van der Waals surface area contributed by atoms with Gasteiger partial charge in [-0.1, -0.05) is 52.0 Å². The van der Waals surface area contributed by atoms with Crippen LogP contribution in [0.1, 0.15) is 80.6 Å². The third kappa shape index (κ3) is 5.37. The molecule has 0 radical (unpaired) electrons. The molecule has 0 aromatic heterocycles. The molecule has 1 aliphatic heterocycles. The molecule has 1 saturated heterocycles. The summed E-state index contributed by atoms with van der Waals surface area (Å²) in [6.07, 6.45) is 3.12. The van der Waals surface area contributed by atoms with E-state index in [-0.39, 0.29) is 29.1 Å². The van der Waals surface area contributed by atoms with Gasteiger partial charge in [-0.15, -0.1) is 0 Å². The first-order valence-corrected chi connectivity index (χ1v) is 13.5. The smallest absolute Gasteiger partial charge is 0.308 e. The number of aliphatic hydroxyl groups excluding tert-OH is 1. The maximum absolute atomic E-state index is 12.8. The largest absolute Gasteiger partial charge is 0.462 e. The number of allylic oxidation sites excluding steroid dienone is 3. The van der Waals surface area contributed by atoms with E-state index in [1.807, 2.05) is 20.8 Å². The lowest BCUT2D eigenvalue weighted by atomic mass is 9.43. The second kappa shape index (κ2) is 11.3. The Morgan fingerprint density at radius 3 is 2.32 bits per heavy atom. The van der Waals surface area contributed by atoms with E-state index in [2.05, 4.69) is 26.5 Å². The van der Waals surface area contributed by atoms with Crippen LogP contribution in [-0.2, 0) is 33.3 Å². The summed E-state index contributed by atoms with van der Waals surface area (Å²) < 4.78 is 23.5. The third-order valence-electron chi connectivity index (χ3n) is 9.37. The highest BCUT2D eigenvalue weighted by Crippen LogP contribution is 2.68. The van der Waals surface area contributed by atoms with Crippen LogP contribution >= 0.6 is 0 Å². The van der Waals surface area contributed by atoms with Gasteiger partial charge in [-0.3, -0.25) is 14.4 Å². The van der Waals surface area contributed by atoms with E-state index in [1.165, 1.54) is 13.8 Å². The first kappa shape index (κ1) is 29.4. The van der Waals surface area contributed by atoms with Crippen LogP contribution in [0, 0.1) is 34.5 Å². The zero-order valence-corrected chi connectivity index (χ0v) is 23.3. The molecule has 0 aromatic rings. The van der Waals surface area contributed by atoms with Crippen LogP contribution in [0.4, 0.5) is 0 Å². The molecule has 2 saturated carbocycles. The lowest BCUT2D eigenvalue weighted by Crippen LogP contribution is -2.66. The number of carbonyl (C=O) groups is 3. The molecule has 0 bridgehead atoms. The normalized spacial score (nSPS) is 40.1. The Labute approximate surface area is 220 Å². The molecule has 0 amide bonds. The number of hydrogen-bond acceptors (Lipinski definition) is 8. The molecule has 208 valence electrons. The van der Waals surface area contributed by atoms with E-state index < -0.39 is 48.1 Å². The van der Waals surface area contributed by atoms with Gasteiger partial charge in [-0.05, 0) is 56.3 Å². The van der Waals surface area contributed by atoms with Crippen LogP contribution in [0.25, 0.3) is 0 Å². The fourth-order valence-electron chi connectivity index (χ4n) is 6.86. The fraction of sp³-hybridized carbons (Fsp3) is 0.759. The average molecular weight is 521 g/mol. The van der Waals surface area contributed by atoms with Gasteiger partial charge >= 0.3 is 17.9 Å². The van der Waals surface area contributed by atoms with Gasteiger partial charge < -0.3 is 24.1 Å². The van der Waals surface area contributed by atoms with Crippen LogP contribution in [0.5, 0.6) is 0 Å².